The van der Waals surface area contributed by atoms with Gasteiger partial charge in [0.25, 0.3) is 0 Å². The van der Waals surface area contributed by atoms with Gasteiger partial charge in [-0.15, -0.1) is 6.58 Å². The summed E-state index contributed by atoms with van der Waals surface area (Å²) in [5.41, 5.74) is 0. The van der Waals surface area contributed by atoms with Crippen molar-refractivity contribution in [3.05, 3.63) is 38.0 Å². The van der Waals surface area contributed by atoms with Crippen LogP contribution in [0.5, 0.6) is 0 Å². The largest absolute Gasteiger partial charge is 0.103 e. The minimum absolute atomic E-state index is 1.21. The molecule has 0 heterocycles. The van der Waals surface area contributed by atoms with Crippen molar-refractivity contribution >= 4 is 0 Å². The number of unbranched alkanes of at least 4 members (excludes halogenated alkanes) is 12. The number of allylic oxidation sites excluding steroid dienone is 3. The fourth-order valence-corrected chi connectivity index (χ4v) is 2.13. The zero-order valence-corrected chi connectivity index (χ0v) is 14.0. The second-order valence-electron chi connectivity index (χ2n) is 5.44. The molecule has 118 valence electrons. The van der Waals surface area contributed by atoms with Gasteiger partial charge in [-0.25, -0.2) is 0 Å². The summed E-state index contributed by atoms with van der Waals surface area (Å²) in [6.07, 6.45) is 23.7. The van der Waals surface area contributed by atoms with E-state index in [-0.39, 0.29) is 0 Å². The first kappa shape index (κ1) is 21.5. The molecule has 0 saturated carbocycles. The van der Waals surface area contributed by atoms with Gasteiger partial charge < -0.3 is 0 Å². The molecule has 0 spiro atoms. The monoisotopic (exact) mass is 278 g/mol. The van der Waals surface area contributed by atoms with Crippen molar-refractivity contribution in [3.8, 4) is 0 Å². The number of rotatable bonds is 14. The summed E-state index contributed by atoms with van der Waals surface area (Å²) < 4.78 is 0. The van der Waals surface area contributed by atoms with Crippen LogP contribution in [0, 0.1) is 0 Å². The molecule has 0 aromatic heterocycles. The van der Waals surface area contributed by atoms with Crippen LogP contribution in [0.1, 0.15) is 90.4 Å². The van der Waals surface area contributed by atoms with Gasteiger partial charge >= 0.3 is 0 Å². The summed E-state index contributed by atoms with van der Waals surface area (Å²) in [4.78, 5) is 0. The molecule has 0 aromatic carbocycles. The molecule has 0 aliphatic carbocycles. The van der Waals surface area contributed by atoms with E-state index in [1.165, 1.54) is 83.5 Å². The highest BCUT2D eigenvalue weighted by atomic mass is 14.0. The molecule has 20 heavy (non-hydrogen) atoms. The SMILES string of the molecule is C=CC=C.C=CCCCCCCCCCCCCCC. The van der Waals surface area contributed by atoms with Gasteiger partial charge in [0.2, 0.25) is 0 Å². The fourth-order valence-electron chi connectivity index (χ4n) is 2.13. The van der Waals surface area contributed by atoms with Crippen LogP contribution in [-0.2, 0) is 0 Å². The molecular formula is C20H38. The number of hydrogen-bond acceptors (Lipinski definition) is 0. The minimum atomic E-state index is 1.21. The normalized spacial score (nSPS) is 9.45. The third-order valence-corrected chi connectivity index (χ3v) is 3.43. The molecule has 0 atom stereocenters. The summed E-state index contributed by atoms with van der Waals surface area (Å²) in [5.74, 6) is 0. The molecule has 0 aromatic rings. The molecule has 0 amide bonds. The van der Waals surface area contributed by atoms with Crippen LogP contribution in [0.4, 0.5) is 0 Å². The Morgan fingerprint density at radius 2 is 0.900 bits per heavy atom. The Labute approximate surface area is 129 Å². The Kier molecular flexibility index (Phi) is 25.1. The van der Waals surface area contributed by atoms with Crippen LogP contribution >= 0.6 is 0 Å². The molecule has 0 N–H and O–H groups in total. The Morgan fingerprint density at radius 3 is 1.20 bits per heavy atom. The standard InChI is InChI=1S/C16H32.C4H6/c1-3-5-7-9-11-13-15-16-14-12-10-8-6-4-2;1-3-4-2/h3H,1,4-16H2,2H3;3-4H,1-2H2. The van der Waals surface area contributed by atoms with Crippen molar-refractivity contribution in [3.63, 3.8) is 0 Å². The van der Waals surface area contributed by atoms with Crippen LogP contribution < -0.4 is 0 Å². The first-order chi connectivity index (χ1) is 9.83. The Morgan fingerprint density at radius 1 is 0.550 bits per heavy atom. The molecule has 0 unspecified atom stereocenters. The van der Waals surface area contributed by atoms with Crippen molar-refractivity contribution in [2.45, 2.75) is 90.4 Å². The molecular weight excluding hydrogens is 240 g/mol. The lowest BCUT2D eigenvalue weighted by Crippen LogP contribution is -1.82. The maximum atomic E-state index is 3.75. The van der Waals surface area contributed by atoms with E-state index in [1.54, 1.807) is 12.2 Å². The molecule has 0 aliphatic rings. The summed E-state index contributed by atoms with van der Waals surface area (Å²) in [7, 11) is 0. The zero-order valence-electron chi connectivity index (χ0n) is 14.0. The van der Waals surface area contributed by atoms with Gasteiger partial charge in [-0.05, 0) is 12.8 Å². The number of hydrogen-bond donors (Lipinski definition) is 0. The molecule has 0 heteroatoms. The second-order valence-corrected chi connectivity index (χ2v) is 5.44. The van der Waals surface area contributed by atoms with Crippen LogP contribution in [0.15, 0.2) is 38.0 Å². The second kappa shape index (κ2) is 23.3. The molecule has 0 bridgehead atoms. The highest BCUT2D eigenvalue weighted by molar-refractivity contribution is 4.88. The van der Waals surface area contributed by atoms with Crippen molar-refractivity contribution in [2.75, 3.05) is 0 Å². The van der Waals surface area contributed by atoms with Crippen molar-refractivity contribution < 1.29 is 0 Å². The van der Waals surface area contributed by atoms with Gasteiger partial charge in [-0.3, -0.25) is 0 Å². The third kappa shape index (κ3) is 25.9. The third-order valence-electron chi connectivity index (χ3n) is 3.43. The van der Waals surface area contributed by atoms with Crippen LogP contribution in [0.25, 0.3) is 0 Å². The lowest BCUT2D eigenvalue weighted by Gasteiger charge is -2.02. The Bertz CT molecular complexity index is 184. The smallest absolute Gasteiger partial charge is 0.0353 e. The quantitative estimate of drug-likeness (QED) is 0.174. The van der Waals surface area contributed by atoms with E-state index in [4.69, 9.17) is 0 Å². The maximum absolute atomic E-state index is 3.75. The highest BCUT2D eigenvalue weighted by Gasteiger charge is 1.92. The summed E-state index contributed by atoms with van der Waals surface area (Å²) in [6.45, 7) is 12.8. The van der Waals surface area contributed by atoms with Crippen LogP contribution in [-0.4, -0.2) is 0 Å². The maximum Gasteiger partial charge on any atom is -0.0353 e. The minimum Gasteiger partial charge on any atom is -0.103 e. The summed E-state index contributed by atoms with van der Waals surface area (Å²) in [5, 5.41) is 0. The Hall–Kier alpha value is -0.780. The lowest BCUT2D eigenvalue weighted by molar-refractivity contribution is 0.545. The summed E-state index contributed by atoms with van der Waals surface area (Å²) >= 11 is 0. The first-order valence-electron chi connectivity index (χ1n) is 8.67. The van der Waals surface area contributed by atoms with Gasteiger partial charge in [-0.2, -0.15) is 0 Å². The molecule has 0 nitrogen and oxygen atoms in total. The van der Waals surface area contributed by atoms with E-state index >= 15 is 0 Å². The Balaban J connectivity index is 0. The molecule has 0 rings (SSSR count). The van der Waals surface area contributed by atoms with Gasteiger partial charge in [0.05, 0.1) is 0 Å². The zero-order chi connectivity index (χ0) is 15.3. The van der Waals surface area contributed by atoms with Crippen molar-refractivity contribution in [1.82, 2.24) is 0 Å². The van der Waals surface area contributed by atoms with Gasteiger partial charge in [-0.1, -0.05) is 109 Å². The van der Waals surface area contributed by atoms with Crippen molar-refractivity contribution in [2.24, 2.45) is 0 Å². The molecule has 0 saturated heterocycles. The van der Waals surface area contributed by atoms with E-state index in [9.17, 15) is 0 Å². The van der Waals surface area contributed by atoms with Crippen LogP contribution in [0.3, 0.4) is 0 Å². The van der Waals surface area contributed by atoms with E-state index in [0.717, 1.165) is 0 Å². The predicted molar refractivity (Wildman–Crippen MR) is 96.3 cm³/mol. The molecule has 0 aliphatic heterocycles. The topological polar surface area (TPSA) is 0 Å². The van der Waals surface area contributed by atoms with Gasteiger partial charge in [0.15, 0.2) is 0 Å². The lowest BCUT2D eigenvalue weighted by atomic mass is 10.0. The summed E-state index contributed by atoms with van der Waals surface area (Å²) in [6, 6.07) is 0. The highest BCUT2D eigenvalue weighted by Crippen LogP contribution is 2.12. The van der Waals surface area contributed by atoms with Crippen molar-refractivity contribution in [1.29, 1.82) is 0 Å². The van der Waals surface area contributed by atoms with Gasteiger partial charge in [0.1, 0.15) is 0 Å². The van der Waals surface area contributed by atoms with Crippen LogP contribution in [0.2, 0.25) is 0 Å². The predicted octanol–water partition coefficient (Wildman–Crippen LogP) is 7.62. The van der Waals surface area contributed by atoms with E-state index in [1.807, 2.05) is 6.08 Å². The average Bonchev–Trinajstić information content (AvgIpc) is 2.49. The van der Waals surface area contributed by atoms with E-state index in [2.05, 4.69) is 26.7 Å². The first-order valence-corrected chi connectivity index (χ1v) is 8.67. The molecule has 0 fully saturated rings. The van der Waals surface area contributed by atoms with E-state index < -0.39 is 0 Å². The van der Waals surface area contributed by atoms with E-state index in [0.29, 0.717) is 0 Å². The molecule has 0 radical (unpaired) electrons. The fraction of sp³-hybridized carbons (Fsp3) is 0.700. The van der Waals surface area contributed by atoms with Gasteiger partial charge in [0, 0.05) is 0 Å². The average molecular weight is 279 g/mol.